The molecule has 0 aliphatic carbocycles. The van der Waals surface area contributed by atoms with Gasteiger partial charge in [-0.15, -0.1) is 0 Å². The molecule has 0 saturated carbocycles. The number of fused-ring (bicyclic) bond motifs is 1. The molecule has 0 aromatic carbocycles. The molecule has 8 nitrogen and oxygen atoms in total. The highest BCUT2D eigenvalue weighted by Crippen LogP contribution is 2.22. The zero-order valence-electron chi connectivity index (χ0n) is 12.6. The number of hydrogen-bond donors (Lipinski definition) is 0. The lowest BCUT2D eigenvalue weighted by Gasteiger charge is -2.15. The Bertz CT molecular complexity index is 679. The molecule has 4 rings (SSSR count). The number of aryl methyl sites for hydroxylation is 1. The largest absolute Gasteiger partial charge is 0.478 e. The second-order valence-corrected chi connectivity index (χ2v) is 5.62. The predicted molar refractivity (Wildman–Crippen MR) is 79.3 cm³/mol. The van der Waals surface area contributed by atoms with Gasteiger partial charge >= 0.3 is 0 Å². The van der Waals surface area contributed by atoms with Gasteiger partial charge in [0.25, 0.3) is 5.91 Å². The highest BCUT2D eigenvalue weighted by molar-refractivity contribution is 5.92. The van der Waals surface area contributed by atoms with Gasteiger partial charge in [-0.2, -0.15) is 5.10 Å². The highest BCUT2D eigenvalue weighted by Gasteiger charge is 2.30. The molecular formula is C15H17N5O3. The van der Waals surface area contributed by atoms with Crippen LogP contribution < -0.4 is 9.47 Å². The fraction of sp³-hybridized carbons (Fsp3) is 0.467. The van der Waals surface area contributed by atoms with E-state index in [9.17, 15) is 4.79 Å². The Kier molecular flexibility index (Phi) is 3.57. The number of carbonyl (C=O) groups is 1. The maximum absolute atomic E-state index is 12.6. The molecule has 0 N–H and O–H groups in total. The Morgan fingerprint density at radius 1 is 1.35 bits per heavy atom. The minimum absolute atomic E-state index is 0.0656. The first-order valence-corrected chi connectivity index (χ1v) is 7.72. The lowest BCUT2D eigenvalue weighted by atomic mass is 10.3. The molecule has 23 heavy (non-hydrogen) atoms. The van der Waals surface area contributed by atoms with Gasteiger partial charge in [0.1, 0.15) is 6.10 Å². The van der Waals surface area contributed by atoms with Crippen LogP contribution in [0.5, 0.6) is 11.8 Å². The number of ether oxygens (including phenoxy) is 2. The molecule has 2 aliphatic rings. The van der Waals surface area contributed by atoms with Crippen molar-refractivity contribution < 1.29 is 14.3 Å². The third-order valence-corrected chi connectivity index (χ3v) is 3.99. The van der Waals surface area contributed by atoms with Crippen LogP contribution in [-0.2, 0) is 6.54 Å². The molecule has 1 amide bonds. The number of nitrogens with zero attached hydrogens (tertiary/aromatic N) is 5. The van der Waals surface area contributed by atoms with Crippen LogP contribution >= 0.6 is 0 Å². The molecule has 0 radical (unpaired) electrons. The van der Waals surface area contributed by atoms with E-state index in [1.54, 1.807) is 34.2 Å². The maximum Gasteiger partial charge on any atom is 0.274 e. The lowest BCUT2D eigenvalue weighted by Crippen LogP contribution is -2.31. The first-order chi connectivity index (χ1) is 11.3. The third-order valence-electron chi connectivity index (χ3n) is 3.99. The van der Waals surface area contributed by atoms with Gasteiger partial charge in [0.2, 0.25) is 11.8 Å². The third kappa shape index (κ3) is 2.84. The number of likely N-dealkylation sites (tertiary alicyclic amines) is 1. The SMILES string of the molecule is O=C(c1cc2n(n1)CCCO2)N1CCC(Oc2cnccn2)C1. The molecule has 0 bridgehead atoms. The number of carbonyl (C=O) groups excluding carboxylic acids is 1. The zero-order chi connectivity index (χ0) is 15.6. The smallest absolute Gasteiger partial charge is 0.274 e. The van der Waals surface area contributed by atoms with Gasteiger partial charge in [0.15, 0.2) is 5.69 Å². The van der Waals surface area contributed by atoms with E-state index < -0.39 is 0 Å². The summed E-state index contributed by atoms with van der Waals surface area (Å²) in [5.41, 5.74) is 0.432. The molecule has 1 fully saturated rings. The van der Waals surface area contributed by atoms with Gasteiger partial charge in [0, 0.05) is 44.4 Å². The standard InChI is InChI=1S/C15H17N5O3/c21-15(12-8-14-20(18-12)5-1-7-22-14)19-6-2-11(10-19)23-13-9-16-3-4-17-13/h3-4,8-9,11H,1-2,5-7,10H2. The number of hydrogen-bond acceptors (Lipinski definition) is 6. The highest BCUT2D eigenvalue weighted by atomic mass is 16.5. The van der Waals surface area contributed by atoms with E-state index in [0.29, 0.717) is 37.2 Å². The van der Waals surface area contributed by atoms with E-state index in [1.165, 1.54) is 0 Å². The molecule has 1 saturated heterocycles. The molecule has 120 valence electrons. The van der Waals surface area contributed by atoms with Crippen LogP contribution in [0.3, 0.4) is 0 Å². The Morgan fingerprint density at radius 2 is 2.30 bits per heavy atom. The maximum atomic E-state index is 12.6. The van der Waals surface area contributed by atoms with Crippen LogP contribution in [0.25, 0.3) is 0 Å². The molecule has 2 aromatic heterocycles. The summed E-state index contributed by atoms with van der Waals surface area (Å²) in [5, 5.41) is 4.34. The summed E-state index contributed by atoms with van der Waals surface area (Å²) in [5.74, 6) is 1.07. The van der Waals surface area contributed by atoms with Crippen LogP contribution in [0.1, 0.15) is 23.3 Å². The van der Waals surface area contributed by atoms with Crippen molar-refractivity contribution in [2.75, 3.05) is 19.7 Å². The predicted octanol–water partition coefficient (Wildman–Crippen LogP) is 0.749. The van der Waals surface area contributed by atoms with Crippen LogP contribution in [0.4, 0.5) is 0 Å². The van der Waals surface area contributed by atoms with Crippen molar-refractivity contribution in [3.63, 3.8) is 0 Å². The number of rotatable bonds is 3. The van der Waals surface area contributed by atoms with Crippen molar-refractivity contribution in [2.24, 2.45) is 0 Å². The van der Waals surface area contributed by atoms with Crippen molar-refractivity contribution in [3.05, 3.63) is 30.4 Å². The summed E-state index contributed by atoms with van der Waals surface area (Å²) in [6.07, 6.45) is 6.38. The molecule has 2 aliphatic heterocycles. The summed E-state index contributed by atoms with van der Waals surface area (Å²) in [6, 6.07) is 1.72. The van der Waals surface area contributed by atoms with Crippen molar-refractivity contribution in [1.29, 1.82) is 0 Å². The molecule has 2 aromatic rings. The van der Waals surface area contributed by atoms with Crippen LogP contribution in [0, 0.1) is 0 Å². The zero-order valence-corrected chi connectivity index (χ0v) is 12.6. The fourth-order valence-corrected chi connectivity index (χ4v) is 2.86. The average molecular weight is 315 g/mol. The molecule has 4 heterocycles. The topological polar surface area (TPSA) is 82.4 Å². The normalized spacial score (nSPS) is 20.0. The monoisotopic (exact) mass is 315 g/mol. The van der Waals surface area contributed by atoms with Crippen molar-refractivity contribution in [1.82, 2.24) is 24.6 Å². The number of aromatic nitrogens is 4. The summed E-state index contributed by atoms with van der Waals surface area (Å²) in [6.45, 7) is 2.64. The van der Waals surface area contributed by atoms with E-state index in [-0.39, 0.29) is 12.0 Å². The first kappa shape index (κ1) is 14.0. The van der Waals surface area contributed by atoms with E-state index in [1.807, 2.05) is 0 Å². The second-order valence-electron chi connectivity index (χ2n) is 5.62. The van der Waals surface area contributed by atoms with E-state index >= 15 is 0 Å². The van der Waals surface area contributed by atoms with E-state index in [0.717, 1.165) is 19.4 Å². The average Bonchev–Trinajstić information content (AvgIpc) is 3.21. The summed E-state index contributed by atoms with van der Waals surface area (Å²) in [4.78, 5) is 22.4. The number of amides is 1. The van der Waals surface area contributed by atoms with E-state index in [2.05, 4.69) is 15.1 Å². The second kappa shape index (κ2) is 5.86. The fourth-order valence-electron chi connectivity index (χ4n) is 2.86. The van der Waals surface area contributed by atoms with Gasteiger partial charge in [-0.1, -0.05) is 0 Å². The van der Waals surface area contributed by atoms with Crippen molar-refractivity contribution in [2.45, 2.75) is 25.5 Å². The van der Waals surface area contributed by atoms with Crippen LogP contribution in [-0.4, -0.2) is 56.4 Å². The summed E-state index contributed by atoms with van der Waals surface area (Å²) < 4.78 is 13.0. The van der Waals surface area contributed by atoms with Crippen molar-refractivity contribution in [3.8, 4) is 11.8 Å². The van der Waals surface area contributed by atoms with Gasteiger partial charge < -0.3 is 14.4 Å². The molecule has 1 unspecified atom stereocenters. The Hall–Kier alpha value is -2.64. The molecule has 0 spiro atoms. The quantitative estimate of drug-likeness (QED) is 0.831. The van der Waals surface area contributed by atoms with Crippen LogP contribution in [0.15, 0.2) is 24.7 Å². The lowest BCUT2D eigenvalue weighted by molar-refractivity contribution is 0.0764. The van der Waals surface area contributed by atoms with Crippen molar-refractivity contribution >= 4 is 5.91 Å². The van der Waals surface area contributed by atoms with Gasteiger partial charge in [0.05, 0.1) is 19.3 Å². The van der Waals surface area contributed by atoms with Gasteiger partial charge in [-0.3, -0.25) is 9.78 Å². The Balaban J connectivity index is 1.41. The summed E-state index contributed by atoms with van der Waals surface area (Å²) >= 11 is 0. The molecule has 8 heteroatoms. The van der Waals surface area contributed by atoms with E-state index in [4.69, 9.17) is 9.47 Å². The minimum atomic E-state index is -0.0826. The first-order valence-electron chi connectivity index (χ1n) is 7.72. The minimum Gasteiger partial charge on any atom is -0.478 e. The van der Waals surface area contributed by atoms with Crippen LogP contribution in [0.2, 0.25) is 0 Å². The molecular weight excluding hydrogens is 298 g/mol. The molecule has 1 atom stereocenters. The Morgan fingerprint density at radius 3 is 3.13 bits per heavy atom. The van der Waals surface area contributed by atoms with Gasteiger partial charge in [-0.25, -0.2) is 9.67 Å². The van der Waals surface area contributed by atoms with Gasteiger partial charge in [-0.05, 0) is 0 Å². The summed E-state index contributed by atoms with van der Waals surface area (Å²) in [7, 11) is 0. The Labute approximate surface area is 133 Å².